The number of ether oxygens (including phenoxy) is 3. The van der Waals surface area contributed by atoms with E-state index in [1.54, 1.807) is 48.0 Å². The van der Waals surface area contributed by atoms with Gasteiger partial charge in [0.1, 0.15) is 18.1 Å². The van der Waals surface area contributed by atoms with Crippen LogP contribution in [0.4, 0.5) is 0 Å². The minimum atomic E-state index is -0.955. The number of carbonyl (C=O) groups excluding carboxylic acids is 3. The minimum Gasteiger partial charge on any atom is -0.497 e. The number of nitrogens with zero attached hydrogens (tertiary/aromatic N) is 1. The van der Waals surface area contributed by atoms with Gasteiger partial charge in [0.2, 0.25) is 5.78 Å². The van der Waals surface area contributed by atoms with E-state index in [1.165, 1.54) is 7.11 Å². The molecule has 4 rings (SSSR count). The average molecular weight is 584 g/mol. The average Bonchev–Trinajstić information content (AvgIpc) is 3.31. The zero-order valence-electron chi connectivity index (χ0n) is 26.2. The Balaban J connectivity index is 1.98. The Labute approximate surface area is 253 Å². The summed E-state index contributed by atoms with van der Waals surface area (Å²) in [5, 5.41) is 0. The maximum atomic E-state index is 14.3. The summed E-state index contributed by atoms with van der Waals surface area (Å²) < 4.78 is 18.4. The molecule has 2 aromatic carbocycles. The largest absolute Gasteiger partial charge is 0.497 e. The third-order valence-corrected chi connectivity index (χ3v) is 7.78. The van der Waals surface area contributed by atoms with Crippen molar-refractivity contribution in [2.75, 3.05) is 14.2 Å². The molecule has 0 aliphatic heterocycles. The molecule has 1 unspecified atom stereocenters. The molecule has 0 saturated heterocycles. The molecule has 0 fully saturated rings. The summed E-state index contributed by atoms with van der Waals surface area (Å²) in [5.41, 5.74) is 1.58. The maximum Gasteiger partial charge on any atom is 0.311 e. The first-order valence-electron chi connectivity index (χ1n) is 14.6. The molecule has 1 atom stereocenters. The van der Waals surface area contributed by atoms with Crippen LogP contribution in [-0.4, -0.2) is 36.2 Å². The number of pyridine rings is 1. The molecule has 0 spiro atoms. The van der Waals surface area contributed by atoms with Crippen molar-refractivity contribution in [1.82, 2.24) is 4.40 Å². The van der Waals surface area contributed by atoms with E-state index in [4.69, 9.17) is 14.2 Å². The number of hydrogen-bond donors (Lipinski definition) is 0. The standard InChI is InChI=1S/C36H41NO6/c1-8-19-36(5,34(40)42-7)22-28-30(33(39)35(2,3)4)29-21-27(43-23-24-12-10-9-11-13-24)18-20-37(29)31(28)32(38)25-14-16-26(41-6)17-15-25/h9-18,20-21H,8,19,22-23H2,1-7H3. The molecule has 4 aromatic rings. The van der Waals surface area contributed by atoms with Crippen molar-refractivity contribution < 1.29 is 28.6 Å². The number of Topliss-reactive ketones (excluding diaryl/α,β-unsaturated/α-hetero) is 1. The quantitative estimate of drug-likeness (QED) is 0.127. The smallest absolute Gasteiger partial charge is 0.311 e. The Bertz CT molecular complexity index is 1610. The number of ketones is 2. The van der Waals surface area contributed by atoms with E-state index in [2.05, 4.69) is 0 Å². The summed E-state index contributed by atoms with van der Waals surface area (Å²) in [6, 6.07) is 20.3. The predicted molar refractivity (Wildman–Crippen MR) is 167 cm³/mol. The van der Waals surface area contributed by atoms with Crippen LogP contribution < -0.4 is 9.47 Å². The van der Waals surface area contributed by atoms with E-state index >= 15 is 0 Å². The van der Waals surface area contributed by atoms with E-state index in [0.717, 1.165) is 12.0 Å². The fourth-order valence-corrected chi connectivity index (χ4v) is 5.49. The highest BCUT2D eigenvalue weighted by Gasteiger charge is 2.40. The maximum absolute atomic E-state index is 14.3. The fourth-order valence-electron chi connectivity index (χ4n) is 5.49. The Morgan fingerprint density at radius 3 is 2.12 bits per heavy atom. The van der Waals surface area contributed by atoms with Gasteiger partial charge in [0.05, 0.1) is 30.8 Å². The topological polar surface area (TPSA) is 83.3 Å². The molecule has 43 heavy (non-hydrogen) atoms. The van der Waals surface area contributed by atoms with Gasteiger partial charge in [0.15, 0.2) is 5.78 Å². The third-order valence-electron chi connectivity index (χ3n) is 7.78. The number of methoxy groups -OCH3 is 2. The first-order chi connectivity index (χ1) is 20.4. The Kier molecular flexibility index (Phi) is 9.43. The van der Waals surface area contributed by atoms with E-state index in [0.29, 0.717) is 52.4 Å². The van der Waals surface area contributed by atoms with Crippen LogP contribution in [0.5, 0.6) is 11.5 Å². The Hall–Kier alpha value is -4.39. The molecule has 0 radical (unpaired) electrons. The summed E-state index contributed by atoms with van der Waals surface area (Å²) in [6.07, 6.45) is 3.17. The first-order valence-corrected chi connectivity index (χ1v) is 14.6. The highest BCUT2D eigenvalue weighted by atomic mass is 16.5. The zero-order valence-corrected chi connectivity index (χ0v) is 26.2. The molecule has 0 aliphatic carbocycles. The third kappa shape index (κ3) is 6.66. The van der Waals surface area contributed by atoms with Gasteiger partial charge in [0.25, 0.3) is 0 Å². The molecule has 0 saturated carbocycles. The molecule has 226 valence electrons. The number of esters is 1. The van der Waals surface area contributed by atoms with E-state index < -0.39 is 10.8 Å². The second-order valence-corrected chi connectivity index (χ2v) is 12.2. The summed E-state index contributed by atoms with van der Waals surface area (Å²) in [7, 11) is 2.94. The van der Waals surface area contributed by atoms with Gasteiger partial charge in [-0.1, -0.05) is 64.4 Å². The van der Waals surface area contributed by atoms with E-state index in [-0.39, 0.29) is 24.0 Å². The molecular weight excluding hydrogens is 542 g/mol. The van der Waals surface area contributed by atoms with E-state index in [1.807, 2.05) is 71.0 Å². The van der Waals surface area contributed by atoms with Gasteiger partial charge in [-0.05, 0) is 61.2 Å². The SMILES string of the molecule is CCCC(C)(Cc1c(C(=O)C(C)(C)C)c2cc(OCc3ccccc3)ccn2c1C(=O)c1ccc(OC)cc1)C(=O)OC. The van der Waals surface area contributed by atoms with Crippen LogP contribution in [0.1, 0.15) is 85.0 Å². The highest BCUT2D eigenvalue weighted by Crippen LogP contribution is 2.39. The number of carbonyl (C=O) groups is 3. The molecule has 7 heteroatoms. The van der Waals surface area contributed by atoms with Gasteiger partial charge < -0.3 is 18.6 Å². The summed E-state index contributed by atoms with van der Waals surface area (Å²) in [5.74, 6) is 0.423. The van der Waals surface area contributed by atoms with Crippen LogP contribution in [0.2, 0.25) is 0 Å². The lowest BCUT2D eigenvalue weighted by Gasteiger charge is -2.27. The molecule has 0 amide bonds. The summed E-state index contributed by atoms with van der Waals surface area (Å²) in [4.78, 5) is 41.7. The number of fused-ring (bicyclic) bond motifs is 1. The molecular formula is C36H41NO6. The normalized spacial score (nSPS) is 12.9. The van der Waals surface area contributed by atoms with Crippen LogP contribution in [0.25, 0.3) is 5.52 Å². The van der Waals surface area contributed by atoms with Gasteiger partial charge in [-0.2, -0.15) is 0 Å². The number of rotatable bonds is 12. The molecule has 0 N–H and O–H groups in total. The van der Waals surface area contributed by atoms with Gasteiger partial charge >= 0.3 is 5.97 Å². The summed E-state index contributed by atoms with van der Waals surface area (Å²) in [6.45, 7) is 9.75. The van der Waals surface area contributed by atoms with Crippen molar-refractivity contribution >= 4 is 23.1 Å². The van der Waals surface area contributed by atoms with Crippen LogP contribution in [-0.2, 0) is 22.6 Å². The zero-order chi connectivity index (χ0) is 31.4. The first kappa shape index (κ1) is 31.5. The molecule has 2 aromatic heterocycles. The lowest BCUT2D eigenvalue weighted by molar-refractivity contribution is -0.152. The van der Waals surface area contributed by atoms with Gasteiger partial charge in [-0.15, -0.1) is 0 Å². The van der Waals surface area contributed by atoms with Crippen molar-refractivity contribution in [3.63, 3.8) is 0 Å². The predicted octanol–water partition coefficient (Wildman–Crippen LogP) is 7.51. The molecule has 0 aliphatic rings. The molecule has 7 nitrogen and oxygen atoms in total. The number of aromatic nitrogens is 1. The second kappa shape index (κ2) is 12.9. The summed E-state index contributed by atoms with van der Waals surface area (Å²) >= 11 is 0. The van der Waals surface area contributed by atoms with Gasteiger partial charge in [0, 0.05) is 28.8 Å². The van der Waals surface area contributed by atoms with E-state index in [9.17, 15) is 14.4 Å². The van der Waals surface area contributed by atoms with Gasteiger partial charge in [-0.25, -0.2) is 0 Å². The van der Waals surface area contributed by atoms with Crippen molar-refractivity contribution in [2.45, 2.75) is 60.5 Å². The Morgan fingerprint density at radius 2 is 1.53 bits per heavy atom. The second-order valence-electron chi connectivity index (χ2n) is 12.2. The van der Waals surface area contributed by atoms with Crippen LogP contribution in [0, 0.1) is 10.8 Å². The van der Waals surface area contributed by atoms with Crippen LogP contribution in [0.15, 0.2) is 72.9 Å². The molecule has 0 bridgehead atoms. The lowest BCUT2D eigenvalue weighted by Crippen LogP contribution is -2.33. The fraction of sp³-hybridized carbons (Fsp3) is 0.361. The van der Waals surface area contributed by atoms with Crippen LogP contribution >= 0.6 is 0 Å². The molecule has 2 heterocycles. The monoisotopic (exact) mass is 583 g/mol. The van der Waals surface area contributed by atoms with Crippen molar-refractivity contribution in [3.8, 4) is 11.5 Å². The highest BCUT2D eigenvalue weighted by molar-refractivity contribution is 6.15. The van der Waals surface area contributed by atoms with Crippen molar-refractivity contribution in [2.24, 2.45) is 10.8 Å². The minimum absolute atomic E-state index is 0.127. The van der Waals surface area contributed by atoms with Crippen molar-refractivity contribution in [3.05, 3.63) is 101 Å². The Morgan fingerprint density at radius 1 is 0.860 bits per heavy atom. The number of benzene rings is 2. The van der Waals surface area contributed by atoms with Crippen LogP contribution in [0.3, 0.4) is 0 Å². The number of hydrogen-bond acceptors (Lipinski definition) is 6. The van der Waals surface area contributed by atoms with Gasteiger partial charge in [-0.3, -0.25) is 14.4 Å². The lowest BCUT2D eigenvalue weighted by atomic mass is 9.76. The van der Waals surface area contributed by atoms with Crippen molar-refractivity contribution in [1.29, 1.82) is 0 Å².